The third-order valence-corrected chi connectivity index (χ3v) is 4.84. The van der Waals surface area contributed by atoms with Gasteiger partial charge in [-0.05, 0) is 36.8 Å². The highest BCUT2D eigenvalue weighted by atomic mass is 16.5. The van der Waals surface area contributed by atoms with E-state index < -0.39 is 0 Å². The van der Waals surface area contributed by atoms with Gasteiger partial charge in [0.15, 0.2) is 5.96 Å². The topological polar surface area (TPSA) is 54.9 Å². The third kappa shape index (κ3) is 4.01. The summed E-state index contributed by atoms with van der Waals surface area (Å²) in [5, 5.41) is 6.82. The normalized spacial score (nSPS) is 26.0. The Balaban J connectivity index is 1.42. The van der Waals surface area contributed by atoms with Crippen LogP contribution in [0.4, 0.5) is 0 Å². The number of fused-ring (bicyclic) bond motifs is 2. The highest BCUT2D eigenvalue weighted by molar-refractivity contribution is 5.80. The van der Waals surface area contributed by atoms with Crippen LogP contribution in [-0.4, -0.2) is 44.4 Å². The summed E-state index contributed by atoms with van der Waals surface area (Å²) < 4.78 is 11.8. The Bertz CT molecular complexity index is 573. The first-order chi connectivity index (χ1) is 11.7. The second-order valence-corrected chi connectivity index (χ2v) is 6.90. The van der Waals surface area contributed by atoms with E-state index in [1.165, 1.54) is 12.0 Å². The molecule has 132 valence electrons. The first-order valence-electron chi connectivity index (χ1n) is 9.01. The number of nitrogens with zero attached hydrogens (tertiary/aromatic N) is 1. The van der Waals surface area contributed by atoms with Crippen molar-refractivity contribution < 1.29 is 9.47 Å². The second kappa shape index (κ2) is 7.88. The molecule has 0 saturated carbocycles. The lowest BCUT2D eigenvalue weighted by Gasteiger charge is -2.22. The molecule has 24 heavy (non-hydrogen) atoms. The number of para-hydroxylation sites is 1. The van der Waals surface area contributed by atoms with Crippen molar-refractivity contribution in [1.82, 2.24) is 10.6 Å². The Labute approximate surface area is 144 Å². The molecule has 0 aromatic heterocycles. The quantitative estimate of drug-likeness (QED) is 0.478. The van der Waals surface area contributed by atoms with Crippen LogP contribution < -0.4 is 15.4 Å². The number of ether oxygens (including phenoxy) is 2. The van der Waals surface area contributed by atoms with Crippen molar-refractivity contribution in [3.05, 3.63) is 29.8 Å². The van der Waals surface area contributed by atoms with Gasteiger partial charge in [-0.15, -0.1) is 0 Å². The van der Waals surface area contributed by atoms with Crippen LogP contribution in [0.1, 0.15) is 44.6 Å². The lowest BCUT2D eigenvalue weighted by atomic mass is 9.96. The molecule has 2 aliphatic rings. The monoisotopic (exact) mass is 331 g/mol. The van der Waals surface area contributed by atoms with Gasteiger partial charge in [0.05, 0.1) is 24.8 Å². The van der Waals surface area contributed by atoms with E-state index in [1.54, 1.807) is 7.05 Å². The smallest absolute Gasteiger partial charge is 0.191 e. The maximum absolute atomic E-state index is 5.94. The molecule has 2 saturated heterocycles. The first kappa shape index (κ1) is 17.1. The molecule has 0 spiro atoms. The fourth-order valence-corrected chi connectivity index (χ4v) is 3.58. The summed E-state index contributed by atoms with van der Waals surface area (Å²) in [7, 11) is 1.80. The molecular formula is C19H29N3O2. The van der Waals surface area contributed by atoms with Gasteiger partial charge in [0.25, 0.3) is 0 Å². The van der Waals surface area contributed by atoms with E-state index in [9.17, 15) is 0 Å². The summed E-state index contributed by atoms with van der Waals surface area (Å²) >= 11 is 0. The Hall–Kier alpha value is -1.75. The standard InChI is InChI=1S/C19H29N3O2/c1-13(2)15-6-4-5-7-17(15)23-11-10-21-19(20-3)22-16-12-14-8-9-18(16)24-14/h4-7,13-14,16,18H,8-12H2,1-3H3,(H2,20,21,22). The summed E-state index contributed by atoms with van der Waals surface area (Å²) in [4.78, 5) is 4.31. The first-order valence-corrected chi connectivity index (χ1v) is 9.01. The van der Waals surface area contributed by atoms with Gasteiger partial charge in [-0.1, -0.05) is 32.0 Å². The van der Waals surface area contributed by atoms with Crippen LogP contribution in [-0.2, 0) is 4.74 Å². The molecule has 2 heterocycles. The molecule has 5 heteroatoms. The van der Waals surface area contributed by atoms with Gasteiger partial charge >= 0.3 is 0 Å². The summed E-state index contributed by atoms with van der Waals surface area (Å²) in [6.45, 7) is 5.69. The molecule has 2 bridgehead atoms. The van der Waals surface area contributed by atoms with Crippen LogP contribution in [0.2, 0.25) is 0 Å². The minimum atomic E-state index is 0.350. The lowest BCUT2D eigenvalue weighted by Crippen LogP contribution is -2.48. The molecule has 1 aromatic rings. The van der Waals surface area contributed by atoms with Crippen molar-refractivity contribution in [3.63, 3.8) is 0 Å². The van der Waals surface area contributed by atoms with Crippen LogP contribution in [0.5, 0.6) is 5.75 Å². The Morgan fingerprint density at radius 3 is 2.83 bits per heavy atom. The number of hydrogen-bond acceptors (Lipinski definition) is 3. The summed E-state index contributed by atoms with van der Waals surface area (Å²) in [6.07, 6.45) is 4.25. The zero-order valence-electron chi connectivity index (χ0n) is 14.9. The minimum Gasteiger partial charge on any atom is -0.491 e. The van der Waals surface area contributed by atoms with Crippen molar-refractivity contribution in [1.29, 1.82) is 0 Å². The summed E-state index contributed by atoms with van der Waals surface area (Å²) in [5.74, 6) is 2.26. The molecule has 1 aromatic carbocycles. The lowest BCUT2D eigenvalue weighted by molar-refractivity contribution is 0.0992. The molecule has 2 N–H and O–H groups in total. The average Bonchev–Trinajstić information content (AvgIpc) is 3.20. The van der Waals surface area contributed by atoms with E-state index in [4.69, 9.17) is 9.47 Å². The Kier molecular flexibility index (Phi) is 5.61. The molecular weight excluding hydrogens is 302 g/mol. The molecule has 3 rings (SSSR count). The molecule has 3 unspecified atom stereocenters. The second-order valence-electron chi connectivity index (χ2n) is 6.90. The predicted molar refractivity (Wildman–Crippen MR) is 96.8 cm³/mol. The van der Waals surface area contributed by atoms with E-state index in [1.807, 2.05) is 12.1 Å². The van der Waals surface area contributed by atoms with E-state index in [2.05, 4.69) is 41.6 Å². The molecule has 0 aliphatic carbocycles. The Morgan fingerprint density at radius 2 is 2.17 bits per heavy atom. The highest BCUT2D eigenvalue weighted by Gasteiger charge is 2.41. The number of hydrogen-bond donors (Lipinski definition) is 2. The van der Waals surface area contributed by atoms with Gasteiger partial charge in [-0.2, -0.15) is 0 Å². The van der Waals surface area contributed by atoms with Crippen molar-refractivity contribution in [2.45, 2.75) is 57.3 Å². The van der Waals surface area contributed by atoms with Crippen LogP contribution in [0.25, 0.3) is 0 Å². The molecule has 2 fully saturated rings. The number of rotatable bonds is 6. The van der Waals surface area contributed by atoms with Crippen LogP contribution >= 0.6 is 0 Å². The van der Waals surface area contributed by atoms with E-state index >= 15 is 0 Å². The fraction of sp³-hybridized carbons (Fsp3) is 0.632. The summed E-state index contributed by atoms with van der Waals surface area (Å²) in [5.41, 5.74) is 1.25. The van der Waals surface area contributed by atoms with Gasteiger partial charge in [0.2, 0.25) is 0 Å². The predicted octanol–water partition coefficient (Wildman–Crippen LogP) is 2.67. The van der Waals surface area contributed by atoms with Crippen molar-refractivity contribution in [2.75, 3.05) is 20.2 Å². The average molecular weight is 331 g/mol. The van der Waals surface area contributed by atoms with E-state index in [-0.39, 0.29) is 0 Å². The van der Waals surface area contributed by atoms with Gasteiger partial charge in [-0.25, -0.2) is 0 Å². The molecule has 2 aliphatic heterocycles. The van der Waals surface area contributed by atoms with Gasteiger partial charge in [0, 0.05) is 7.05 Å². The van der Waals surface area contributed by atoms with Crippen LogP contribution in [0.15, 0.2) is 29.3 Å². The number of aliphatic imine (C=N–C) groups is 1. The third-order valence-electron chi connectivity index (χ3n) is 4.84. The van der Waals surface area contributed by atoms with Crippen molar-refractivity contribution >= 4 is 5.96 Å². The van der Waals surface area contributed by atoms with Gasteiger partial charge in [-0.3, -0.25) is 4.99 Å². The van der Waals surface area contributed by atoms with Crippen molar-refractivity contribution in [3.8, 4) is 5.75 Å². The number of nitrogens with one attached hydrogen (secondary N) is 2. The highest BCUT2D eigenvalue weighted by Crippen LogP contribution is 2.34. The van der Waals surface area contributed by atoms with E-state index in [0.29, 0.717) is 37.3 Å². The SMILES string of the molecule is CN=C(NCCOc1ccccc1C(C)C)NC1CC2CCC1O2. The zero-order valence-corrected chi connectivity index (χ0v) is 14.9. The Morgan fingerprint density at radius 1 is 1.33 bits per heavy atom. The van der Waals surface area contributed by atoms with Gasteiger partial charge in [0.1, 0.15) is 12.4 Å². The maximum Gasteiger partial charge on any atom is 0.191 e. The summed E-state index contributed by atoms with van der Waals surface area (Å²) in [6, 6.07) is 8.63. The molecule has 5 nitrogen and oxygen atoms in total. The van der Waals surface area contributed by atoms with E-state index in [0.717, 1.165) is 24.6 Å². The molecule has 3 atom stereocenters. The van der Waals surface area contributed by atoms with Crippen LogP contribution in [0, 0.1) is 0 Å². The maximum atomic E-state index is 5.94. The zero-order chi connectivity index (χ0) is 16.9. The minimum absolute atomic E-state index is 0.350. The largest absolute Gasteiger partial charge is 0.491 e. The number of benzene rings is 1. The number of guanidine groups is 1. The fourth-order valence-electron chi connectivity index (χ4n) is 3.58. The van der Waals surface area contributed by atoms with Crippen LogP contribution in [0.3, 0.4) is 0 Å². The molecule has 0 amide bonds. The molecule has 0 radical (unpaired) electrons. The van der Waals surface area contributed by atoms with Gasteiger partial charge < -0.3 is 20.1 Å². The van der Waals surface area contributed by atoms with Crippen molar-refractivity contribution in [2.24, 2.45) is 4.99 Å².